The number of nitrogens with one attached hydrogen (secondary N) is 1. The van der Waals surface area contributed by atoms with Crippen molar-refractivity contribution in [3.05, 3.63) is 16.1 Å². The molecule has 1 rings (SSSR count). The van der Waals surface area contributed by atoms with Crippen LogP contribution in [0, 0.1) is 0 Å². The minimum Gasteiger partial charge on any atom is -0.481 e. The van der Waals surface area contributed by atoms with Crippen LogP contribution in [0.5, 0.6) is 0 Å². The molecule has 18 heavy (non-hydrogen) atoms. The first-order chi connectivity index (χ1) is 8.61. The van der Waals surface area contributed by atoms with Crippen molar-refractivity contribution >= 4 is 23.2 Å². The van der Waals surface area contributed by atoms with Crippen LogP contribution in [0.3, 0.4) is 0 Å². The smallest absolute Gasteiger partial charge is 0.305 e. The van der Waals surface area contributed by atoms with E-state index in [-0.39, 0.29) is 25.3 Å². The number of carbonyl (C=O) groups is 2. The van der Waals surface area contributed by atoms with Gasteiger partial charge in [0.2, 0.25) is 5.91 Å². The molecule has 0 saturated heterocycles. The minimum atomic E-state index is -0.923. The Morgan fingerprint density at radius 2 is 2.28 bits per heavy atom. The Morgan fingerprint density at radius 3 is 2.94 bits per heavy atom. The van der Waals surface area contributed by atoms with Crippen molar-refractivity contribution in [2.24, 2.45) is 5.73 Å². The van der Waals surface area contributed by atoms with Crippen LogP contribution < -0.4 is 11.1 Å². The van der Waals surface area contributed by atoms with Gasteiger partial charge in [0.25, 0.3) is 0 Å². The molecule has 0 aliphatic rings. The second-order valence-electron chi connectivity index (χ2n) is 3.80. The predicted octanol–water partition coefficient (Wildman–Crippen LogP) is 0.168. The topological polar surface area (TPSA) is 105 Å². The highest BCUT2D eigenvalue weighted by molar-refractivity contribution is 7.09. The Hall–Kier alpha value is -1.47. The van der Waals surface area contributed by atoms with Crippen LogP contribution in [-0.2, 0) is 22.4 Å². The van der Waals surface area contributed by atoms with Crippen LogP contribution in [0.25, 0.3) is 0 Å². The molecule has 0 spiro atoms. The van der Waals surface area contributed by atoms with Gasteiger partial charge in [0.15, 0.2) is 0 Å². The molecule has 0 aromatic carbocycles. The van der Waals surface area contributed by atoms with E-state index in [1.807, 2.05) is 5.38 Å². The SMILES string of the molecule is NCCCc1nc(CC(=O)NCCC(=O)O)cs1. The first-order valence-corrected chi connectivity index (χ1v) is 6.61. The molecule has 0 aliphatic heterocycles. The van der Waals surface area contributed by atoms with Crippen molar-refractivity contribution < 1.29 is 14.7 Å². The first kappa shape index (κ1) is 14.6. The van der Waals surface area contributed by atoms with Gasteiger partial charge >= 0.3 is 5.97 Å². The summed E-state index contributed by atoms with van der Waals surface area (Å²) >= 11 is 1.52. The third-order valence-corrected chi connectivity index (χ3v) is 3.15. The Labute approximate surface area is 109 Å². The fourth-order valence-corrected chi connectivity index (χ4v) is 2.17. The number of aryl methyl sites for hydroxylation is 1. The third-order valence-electron chi connectivity index (χ3n) is 2.20. The molecule has 0 saturated carbocycles. The Morgan fingerprint density at radius 1 is 1.50 bits per heavy atom. The van der Waals surface area contributed by atoms with E-state index in [1.165, 1.54) is 11.3 Å². The molecule has 0 radical (unpaired) electrons. The molecule has 0 aliphatic carbocycles. The molecule has 4 N–H and O–H groups in total. The van der Waals surface area contributed by atoms with Gasteiger partial charge in [-0.2, -0.15) is 0 Å². The van der Waals surface area contributed by atoms with Gasteiger partial charge in [-0.15, -0.1) is 11.3 Å². The van der Waals surface area contributed by atoms with Gasteiger partial charge in [-0.05, 0) is 13.0 Å². The number of carbonyl (C=O) groups excluding carboxylic acids is 1. The normalized spacial score (nSPS) is 10.3. The highest BCUT2D eigenvalue weighted by Crippen LogP contribution is 2.11. The summed E-state index contributed by atoms with van der Waals surface area (Å²) in [4.78, 5) is 26.0. The maximum Gasteiger partial charge on any atom is 0.305 e. The number of nitrogens with two attached hydrogens (primary N) is 1. The van der Waals surface area contributed by atoms with Crippen molar-refractivity contribution in [2.75, 3.05) is 13.1 Å². The monoisotopic (exact) mass is 271 g/mol. The number of thiazole rings is 1. The number of amides is 1. The number of hydrogen-bond acceptors (Lipinski definition) is 5. The van der Waals surface area contributed by atoms with Crippen LogP contribution >= 0.6 is 11.3 Å². The Balaban J connectivity index is 2.30. The first-order valence-electron chi connectivity index (χ1n) is 5.73. The van der Waals surface area contributed by atoms with Crippen LogP contribution in [0.1, 0.15) is 23.5 Å². The maximum absolute atomic E-state index is 11.5. The van der Waals surface area contributed by atoms with Gasteiger partial charge in [0.05, 0.1) is 23.5 Å². The van der Waals surface area contributed by atoms with Crippen molar-refractivity contribution in [2.45, 2.75) is 25.7 Å². The Kier molecular flexibility index (Phi) is 6.31. The van der Waals surface area contributed by atoms with E-state index in [1.54, 1.807) is 0 Å². The quantitative estimate of drug-likeness (QED) is 0.625. The minimum absolute atomic E-state index is 0.0649. The lowest BCUT2D eigenvalue weighted by atomic mass is 10.3. The zero-order valence-electron chi connectivity index (χ0n) is 10.0. The fraction of sp³-hybridized carbons (Fsp3) is 0.545. The number of aromatic nitrogens is 1. The number of aliphatic carboxylic acids is 1. The summed E-state index contributed by atoms with van der Waals surface area (Å²) in [6.45, 7) is 0.781. The molecule has 0 fully saturated rings. The van der Waals surface area contributed by atoms with Crippen molar-refractivity contribution in [3.8, 4) is 0 Å². The van der Waals surface area contributed by atoms with Gasteiger partial charge < -0.3 is 16.2 Å². The van der Waals surface area contributed by atoms with Gasteiger partial charge in [0.1, 0.15) is 0 Å². The van der Waals surface area contributed by atoms with Gasteiger partial charge in [-0.3, -0.25) is 9.59 Å². The fourth-order valence-electron chi connectivity index (χ4n) is 1.33. The highest BCUT2D eigenvalue weighted by atomic mass is 32.1. The summed E-state index contributed by atoms with van der Waals surface area (Å²) in [5.74, 6) is -1.13. The van der Waals surface area contributed by atoms with Crippen molar-refractivity contribution in [1.82, 2.24) is 10.3 Å². The van der Waals surface area contributed by atoms with E-state index in [4.69, 9.17) is 10.8 Å². The second kappa shape index (κ2) is 7.78. The number of carboxylic acid groups (broad SMARTS) is 1. The molecule has 1 aromatic rings. The van der Waals surface area contributed by atoms with Gasteiger partial charge in [-0.25, -0.2) is 4.98 Å². The molecule has 7 heteroatoms. The highest BCUT2D eigenvalue weighted by Gasteiger charge is 2.07. The molecule has 0 unspecified atom stereocenters. The molecule has 1 aromatic heterocycles. The summed E-state index contributed by atoms with van der Waals surface area (Å²) < 4.78 is 0. The van der Waals surface area contributed by atoms with E-state index in [0.29, 0.717) is 6.54 Å². The lowest BCUT2D eigenvalue weighted by Crippen LogP contribution is -2.27. The van der Waals surface area contributed by atoms with E-state index in [2.05, 4.69) is 10.3 Å². The standard InChI is InChI=1S/C11H17N3O3S/c12-4-1-2-10-14-8(7-18-10)6-9(15)13-5-3-11(16)17/h7H,1-6,12H2,(H,13,15)(H,16,17). The summed E-state index contributed by atoms with van der Waals surface area (Å²) in [6.07, 6.45) is 1.85. The summed E-state index contributed by atoms with van der Waals surface area (Å²) in [6, 6.07) is 0. The molecule has 1 amide bonds. The van der Waals surface area contributed by atoms with Crippen LogP contribution in [0.15, 0.2) is 5.38 Å². The van der Waals surface area contributed by atoms with Crippen molar-refractivity contribution in [3.63, 3.8) is 0 Å². The van der Waals surface area contributed by atoms with Gasteiger partial charge in [0, 0.05) is 18.3 Å². The largest absolute Gasteiger partial charge is 0.481 e. The lowest BCUT2D eigenvalue weighted by molar-refractivity contribution is -0.136. The van der Waals surface area contributed by atoms with E-state index < -0.39 is 5.97 Å². The lowest BCUT2D eigenvalue weighted by Gasteiger charge is -2.01. The van der Waals surface area contributed by atoms with Gasteiger partial charge in [-0.1, -0.05) is 0 Å². The zero-order chi connectivity index (χ0) is 13.4. The number of hydrogen-bond donors (Lipinski definition) is 3. The van der Waals surface area contributed by atoms with E-state index >= 15 is 0 Å². The molecule has 6 nitrogen and oxygen atoms in total. The maximum atomic E-state index is 11.5. The number of nitrogens with zero attached hydrogens (tertiary/aromatic N) is 1. The second-order valence-corrected chi connectivity index (χ2v) is 4.74. The van der Waals surface area contributed by atoms with Crippen LogP contribution in [0.2, 0.25) is 0 Å². The average molecular weight is 271 g/mol. The molecule has 100 valence electrons. The summed E-state index contributed by atoms with van der Waals surface area (Å²) in [7, 11) is 0. The van der Waals surface area contributed by atoms with Crippen LogP contribution in [-0.4, -0.2) is 35.1 Å². The third kappa shape index (κ3) is 5.74. The summed E-state index contributed by atoms with van der Waals surface area (Å²) in [5.41, 5.74) is 6.13. The summed E-state index contributed by atoms with van der Waals surface area (Å²) in [5, 5.41) is 13.8. The van der Waals surface area contributed by atoms with Crippen LogP contribution in [0.4, 0.5) is 0 Å². The number of carboxylic acids is 1. The average Bonchev–Trinajstić information content (AvgIpc) is 2.73. The van der Waals surface area contributed by atoms with E-state index in [0.717, 1.165) is 23.5 Å². The Bertz CT molecular complexity index is 406. The zero-order valence-corrected chi connectivity index (χ0v) is 10.8. The predicted molar refractivity (Wildman–Crippen MR) is 68.5 cm³/mol. The molecule has 0 bridgehead atoms. The molecular weight excluding hydrogens is 254 g/mol. The van der Waals surface area contributed by atoms with E-state index in [9.17, 15) is 9.59 Å². The molecule has 1 heterocycles. The molecular formula is C11H17N3O3S. The molecule has 0 atom stereocenters. The number of rotatable bonds is 8. The van der Waals surface area contributed by atoms with Crippen molar-refractivity contribution in [1.29, 1.82) is 0 Å².